The summed E-state index contributed by atoms with van der Waals surface area (Å²) in [6.45, 7) is 1.98. The Kier molecular flexibility index (Phi) is 7.12. The van der Waals surface area contributed by atoms with Gasteiger partial charge in [0.25, 0.3) is 0 Å². The average Bonchev–Trinajstić information content (AvgIpc) is 2.71. The van der Waals surface area contributed by atoms with E-state index in [1.807, 2.05) is 31.2 Å². The van der Waals surface area contributed by atoms with Gasteiger partial charge in [-0.3, -0.25) is 0 Å². The lowest BCUT2D eigenvalue weighted by molar-refractivity contribution is -0.135. The molecule has 0 aromatic heterocycles. The molecule has 0 amide bonds. The summed E-state index contributed by atoms with van der Waals surface area (Å²) < 4.78 is 15.1. The summed E-state index contributed by atoms with van der Waals surface area (Å²) in [5.41, 5.74) is 2.37. The molecule has 0 saturated carbocycles. The van der Waals surface area contributed by atoms with Crippen LogP contribution in [0.15, 0.2) is 54.1 Å². The molecule has 6 nitrogen and oxygen atoms in total. The molecule has 2 rings (SSSR count). The SMILES string of the molecule is COC(=O)/C(C#N)=C\c1ccc(OC(=O)/C=C/c2ccc(C)cc2)c(OC)c1. The number of nitriles is 1. The Hall–Kier alpha value is -3.85. The predicted molar refractivity (Wildman–Crippen MR) is 104 cm³/mol. The number of esters is 2. The van der Waals surface area contributed by atoms with Gasteiger partial charge in [0.1, 0.15) is 11.6 Å². The smallest absolute Gasteiger partial charge is 0.348 e. The van der Waals surface area contributed by atoms with Gasteiger partial charge in [-0.2, -0.15) is 5.26 Å². The summed E-state index contributed by atoms with van der Waals surface area (Å²) in [7, 11) is 2.62. The van der Waals surface area contributed by atoms with E-state index in [-0.39, 0.29) is 17.1 Å². The Bertz CT molecular complexity index is 965. The molecule has 0 aliphatic heterocycles. The van der Waals surface area contributed by atoms with Crippen LogP contribution in [0, 0.1) is 18.3 Å². The van der Waals surface area contributed by atoms with E-state index in [1.165, 1.54) is 32.4 Å². The van der Waals surface area contributed by atoms with E-state index < -0.39 is 11.9 Å². The van der Waals surface area contributed by atoms with E-state index in [0.29, 0.717) is 5.56 Å². The molecule has 0 unspecified atom stereocenters. The van der Waals surface area contributed by atoms with E-state index in [0.717, 1.165) is 11.1 Å². The van der Waals surface area contributed by atoms with Crippen LogP contribution < -0.4 is 9.47 Å². The number of rotatable bonds is 6. The first-order valence-corrected chi connectivity index (χ1v) is 8.31. The van der Waals surface area contributed by atoms with Gasteiger partial charge in [0.2, 0.25) is 0 Å². The van der Waals surface area contributed by atoms with E-state index in [4.69, 9.17) is 14.7 Å². The maximum atomic E-state index is 12.1. The minimum atomic E-state index is -0.738. The first-order valence-electron chi connectivity index (χ1n) is 8.31. The van der Waals surface area contributed by atoms with Gasteiger partial charge in [-0.25, -0.2) is 9.59 Å². The zero-order valence-corrected chi connectivity index (χ0v) is 15.8. The van der Waals surface area contributed by atoms with Crippen LogP contribution in [0.3, 0.4) is 0 Å². The van der Waals surface area contributed by atoms with Crippen molar-refractivity contribution in [2.75, 3.05) is 14.2 Å². The first-order chi connectivity index (χ1) is 13.5. The quantitative estimate of drug-likeness (QED) is 0.330. The molecule has 0 N–H and O–H groups in total. The Morgan fingerprint density at radius 2 is 1.68 bits per heavy atom. The molecule has 2 aromatic carbocycles. The molecule has 0 bridgehead atoms. The number of carbonyl (C=O) groups is 2. The van der Waals surface area contributed by atoms with E-state index in [9.17, 15) is 9.59 Å². The Morgan fingerprint density at radius 3 is 2.29 bits per heavy atom. The average molecular weight is 377 g/mol. The van der Waals surface area contributed by atoms with Crippen molar-refractivity contribution in [2.24, 2.45) is 0 Å². The second-order valence-corrected chi connectivity index (χ2v) is 5.74. The van der Waals surface area contributed by atoms with Gasteiger partial charge >= 0.3 is 11.9 Å². The number of hydrogen-bond acceptors (Lipinski definition) is 6. The minimum Gasteiger partial charge on any atom is -0.493 e. The number of aryl methyl sites for hydroxylation is 1. The lowest BCUT2D eigenvalue weighted by Crippen LogP contribution is -2.05. The molecule has 0 saturated heterocycles. The number of carbonyl (C=O) groups excluding carboxylic acids is 2. The molecule has 0 spiro atoms. The normalized spacial score (nSPS) is 11.0. The highest BCUT2D eigenvalue weighted by molar-refractivity contribution is 5.98. The molecule has 0 heterocycles. The fourth-order valence-electron chi connectivity index (χ4n) is 2.26. The number of hydrogen-bond donors (Lipinski definition) is 0. The zero-order chi connectivity index (χ0) is 20.5. The molecule has 6 heteroatoms. The van der Waals surface area contributed by atoms with Crippen molar-refractivity contribution >= 4 is 24.1 Å². The van der Waals surface area contributed by atoms with Crippen LogP contribution in [-0.4, -0.2) is 26.2 Å². The summed E-state index contributed by atoms with van der Waals surface area (Å²) >= 11 is 0. The summed E-state index contributed by atoms with van der Waals surface area (Å²) in [6.07, 6.45) is 4.33. The lowest BCUT2D eigenvalue weighted by atomic mass is 10.1. The molecular formula is C22H19NO5. The van der Waals surface area contributed by atoms with Crippen molar-refractivity contribution in [3.63, 3.8) is 0 Å². The molecule has 2 aromatic rings. The monoisotopic (exact) mass is 377 g/mol. The maximum Gasteiger partial charge on any atom is 0.348 e. The molecule has 0 atom stereocenters. The number of nitrogens with zero attached hydrogens (tertiary/aromatic N) is 1. The highest BCUT2D eigenvalue weighted by atomic mass is 16.6. The van der Waals surface area contributed by atoms with E-state index in [2.05, 4.69) is 4.74 Å². The molecule has 0 fully saturated rings. The maximum absolute atomic E-state index is 12.1. The van der Waals surface area contributed by atoms with Gasteiger partial charge < -0.3 is 14.2 Å². The number of methoxy groups -OCH3 is 2. The fourth-order valence-corrected chi connectivity index (χ4v) is 2.26. The Morgan fingerprint density at radius 1 is 1.00 bits per heavy atom. The highest BCUT2D eigenvalue weighted by Gasteiger charge is 2.12. The second kappa shape index (κ2) is 9.74. The van der Waals surface area contributed by atoms with Crippen LogP contribution in [-0.2, 0) is 14.3 Å². The molecule has 0 radical (unpaired) electrons. The highest BCUT2D eigenvalue weighted by Crippen LogP contribution is 2.29. The Balaban J connectivity index is 2.16. The predicted octanol–water partition coefficient (Wildman–Crippen LogP) is 3.70. The van der Waals surface area contributed by atoms with Gasteiger partial charge in [0, 0.05) is 6.08 Å². The molecule has 0 aliphatic rings. The van der Waals surface area contributed by atoms with Gasteiger partial charge in [-0.15, -0.1) is 0 Å². The molecule has 0 aliphatic carbocycles. The van der Waals surface area contributed by atoms with E-state index in [1.54, 1.807) is 24.3 Å². The Labute approximate surface area is 163 Å². The van der Waals surface area contributed by atoms with Crippen LogP contribution in [0.25, 0.3) is 12.2 Å². The van der Waals surface area contributed by atoms with Crippen LogP contribution in [0.2, 0.25) is 0 Å². The zero-order valence-electron chi connectivity index (χ0n) is 15.8. The third-order valence-electron chi connectivity index (χ3n) is 3.72. The summed E-state index contributed by atoms with van der Waals surface area (Å²) in [5, 5.41) is 9.03. The minimum absolute atomic E-state index is 0.157. The van der Waals surface area contributed by atoms with Crippen LogP contribution >= 0.6 is 0 Å². The van der Waals surface area contributed by atoms with Gasteiger partial charge in [-0.1, -0.05) is 35.9 Å². The lowest BCUT2D eigenvalue weighted by Gasteiger charge is -2.09. The molecule has 28 heavy (non-hydrogen) atoms. The van der Waals surface area contributed by atoms with Gasteiger partial charge in [0.15, 0.2) is 11.5 Å². The summed E-state index contributed by atoms with van der Waals surface area (Å²) in [5.74, 6) is -0.796. The largest absolute Gasteiger partial charge is 0.493 e. The van der Waals surface area contributed by atoms with Gasteiger partial charge in [0.05, 0.1) is 14.2 Å². The third-order valence-corrected chi connectivity index (χ3v) is 3.72. The van der Waals surface area contributed by atoms with Crippen molar-refractivity contribution in [3.05, 3.63) is 70.8 Å². The van der Waals surface area contributed by atoms with Crippen molar-refractivity contribution in [3.8, 4) is 17.6 Å². The van der Waals surface area contributed by atoms with Crippen LogP contribution in [0.1, 0.15) is 16.7 Å². The topological polar surface area (TPSA) is 85.6 Å². The molecule has 142 valence electrons. The number of benzene rings is 2. The molecular weight excluding hydrogens is 358 g/mol. The summed E-state index contributed by atoms with van der Waals surface area (Å²) in [4.78, 5) is 23.6. The third kappa shape index (κ3) is 5.58. The number of ether oxygens (including phenoxy) is 3. The van der Waals surface area contributed by atoms with Crippen molar-refractivity contribution in [2.45, 2.75) is 6.92 Å². The standard InChI is InChI=1S/C22H19NO5/c1-15-4-6-16(7-5-15)9-11-21(24)28-19-10-8-17(13-20(19)26-2)12-18(14-23)22(25)27-3/h4-13H,1-3H3/b11-9+,18-12-. The van der Waals surface area contributed by atoms with Crippen LogP contribution in [0.4, 0.5) is 0 Å². The van der Waals surface area contributed by atoms with Crippen molar-refractivity contribution < 1.29 is 23.8 Å². The fraction of sp³-hybridized carbons (Fsp3) is 0.136. The van der Waals surface area contributed by atoms with Crippen molar-refractivity contribution in [1.29, 1.82) is 5.26 Å². The summed E-state index contributed by atoms with van der Waals surface area (Å²) in [6, 6.07) is 14.1. The van der Waals surface area contributed by atoms with Gasteiger partial charge in [-0.05, 0) is 42.3 Å². The second-order valence-electron chi connectivity index (χ2n) is 5.74. The van der Waals surface area contributed by atoms with E-state index >= 15 is 0 Å². The van der Waals surface area contributed by atoms with Crippen molar-refractivity contribution in [1.82, 2.24) is 0 Å². The first kappa shape index (κ1) is 20.5. The van der Waals surface area contributed by atoms with Crippen LogP contribution in [0.5, 0.6) is 11.5 Å².